The van der Waals surface area contributed by atoms with Crippen LogP contribution in [0.4, 0.5) is 0 Å². The van der Waals surface area contributed by atoms with Crippen molar-refractivity contribution in [3.05, 3.63) is 5.82 Å². The van der Waals surface area contributed by atoms with Crippen molar-refractivity contribution in [2.75, 3.05) is 0 Å². The molecule has 0 radical (unpaired) electrons. The molecule has 5 rings (SSSR count). The van der Waals surface area contributed by atoms with Crippen LogP contribution in [0.1, 0.15) is 65.2 Å². The number of aromatic nitrogens is 4. The topological polar surface area (TPSA) is 107 Å². The van der Waals surface area contributed by atoms with Crippen molar-refractivity contribution in [3.8, 4) is 0 Å². The molecule has 0 aromatic carbocycles. The van der Waals surface area contributed by atoms with Gasteiger partial charge in [-0.1, -0.05) is 12.8 Å². The molecule has 152 valence electrons. The summed E-state index contributed by atoms with van der Waals surface area (Å²) in [6.45, 7) is 8.23. The lowest BCUT2D eigenvalue weighted by Crippen LogP contribution is -2.71. The number of tetrazole rings is 1. The molecule has 9 nitrogen and oxygen atoms in total. The normalized spacial score (nSPS) is 36.9. The highest BCUT2D eigenvalue weighted by Crippen LogP contribution is 2.58. The highest BCUT2D eigenvalue weighted by atomic mass is 32.2. The monoisotopic (exact) mass is 405 g/mol. The summed E-state index contributed by atoms with van der Waals surface area (Å²) in [5.41, 5.74) is -0.534. The molecule has 28 heavy (non-hydrogen) atoms. The Morgan fingerprint density at radius 1 is 1.11 bits per heavy atom. The summed E-state index contributed by atoms with van der Waals surface area (Å²) in [5.74, 6) is 1.04. The van der Waals surface area contributed by atoms with Crippen molar-refractivity contribution in [3.63, 3.8) is 0 Å². The number of rotatable bonds is 3. The molecule has 3 unspecified atom stereocenters. The maximum atomic E-state index is 13.4. The van der Waals surface area contributed by atoms with E-state index >= 15 is 0 Å². The van der Waals surface area contributed by atoms with Crippen LogP contribution in [0.15, 0.2) is 0 Å². The molecule has 1 aliphatic carbocycles. The zero-order chi connectivity index (χ0) is 19.8. The fourth-order valence-corrected chi connectivity index (χ4v) is 7.27. The lowest BCUT2D eigenvalue weighted by molar-refractivity contribution is -0.165. The number of hydrogen-bond acceptors (Lipinski definition) is 7. The smallest absolute Gasteiger partial charge is 0.250 e. The number of nitrogens with one attached hydrogen (secondary N) is 2. The summed E-state index contributed by atoms with van der Waals surface area (Å²) in [4.78, 5) is 30.4. The van der Waals surface area contributed by atoms with E-state index in [-0.39, 0.29) is 34.0 Å². The van der Waals surface area contributed by atoms with Crippen molar-refractivity contribution >= 4 is 23.6 Å². The van der Waals surface area contributed by atoms with Crippen LogP contribution in [0.2, 0.25) is 0 Å². The molecule has 2 amide bonds. The first-order valence-electron chi connectivity index (χ1n) is 10.1. The number of thioether (sulfide) groups is 1. The number of amides is 2. The summed E-state index contributed by atoms with van der Waals surface area (Å²) in [7, 11) is 0. The molecule has 3 aliphatic heterocycles. The van der Waals surface area contributed by atoms with E-state index < -0.39 is 11.7 Å². The second-order valence-electron chi connectivity index (χ2n) is 9.43. The lowest BCUT2D eigenvalue weighted by Gasteiger charge is -2.50. The standard InChI is InChI=1S/C18H27N7O2S/c1-17(2)12(13-20-22-23-21-13)24-15(27)11(16(24)28-17)25-14(26)10(19-18(25,3)4)9-7-5-6-8-9/h9-12,16,19H,5-8H2,1-4H3,(H,20,21,22,23)/t10?,11?,12?,16-/m1/s1. The zero-order valence-electron chi connectivity index (χ0n) is 16.7. The highest BCUT2D eigenvalue weighted by Gasteiger charge is 2.67. The second-order valence-corrected chi connectivity index (χ2v) is 11.2. The molecule has 4 heterocycles. The number of nitrogens with zero attached hydrogens (tertiary/aromatic N) is 5. The molecule has 0 bridgehead atoms. The molecular formula is C18H27N7O2S. The van der Waals surface area contributed by atoms with Gasteiger partial charge in [-0.15, -0.1) is 16.9 Å². The van der Waals surface area contributed by atoms with Crippen LogP contribution >= 0.6 is 11.8 Å². The minimum atomic E-state index is -0.534. The Morgan fingerprint density at radius 3 is 2.46 bits per heavy atom. The molecule has 3 saturated heterocycles. The minimum Gasteiger partial charge on any atom is -0.314 e. The van der Waals surface area contributed by atoms with Crippen LogP contribution in [0, 0.1) is 5.92 Å². The quantitative estimate of drug-likeness (QED) is 0.723. The average molecular weight is 406 g/mol. The Hall–Kier alpha value is -1.68. The van der Waals surface area contributed by atoms with Gasteiger partial charge in [-0.2, -0.15) is 0 Å². The molecule has 4 aliphatic rings. The average Bonchev–Trinajstić information content (AvgIpc) is 3.38. The SMILES string of the molecule is CC1(C)S[C@@H]2C(N3C(=O)C(C4CCCC4)NC3(C)C)C(=O)N2C1c1nnn[nH]1. The molecule has 1 aromatic heterocycles. The molecule has 1 saturated carbocycles. The van der Waals surface area contributed by atoms with Gasteiger partial charge in [0.25, 0.3) is 0 Å². The molecule has 0 spiro atoms. The van der Waals surface area contributed by atoms with Crippen molar-refractivity contribution in [1.29, 1.82) is 0 Å². The molecule has 2 N–H and O–H groups in total. The van der Waals surface area contributed by atoms with E-state index in [4.69, 9.17) is 0 Å². The third kappa shape index (κ3) is 2.39. The fraction of sp³-hybridized carbons (Fsp3) is 0.833. The van der Waals surface area contributed by atoms with Gasteiger partial charge in [-0.3, -0.25) is 14.9 Å². The van der Waals surface area contributed by atoms with E-state index in [0.29, 0.717) is 11.7 Å². The van der Waals surface area contributed by atoms with Gasteiger partial charge in [0.05, 0.1) is 11.7 Å². The van der Waals surface area contributed by atoms with Crippen LogP contribution in [-0.2, 0) is 9.59 Å². The molecule has 4 fully saturated rings. The predicted molar refractivity (Wildman–Crippen MR) is 103 cm³/mol. The van der Waals surface area contributed by atoms with E-state index in [1.54, 1.807) is 11.8 Å². The Labute approximate surface area is 168 Å². The van der Waals surface area contributed by atoms with E-state index in [0.717, 1.165) is 12.8 Å². The summed E-state index contributed by atoms with van der Waals surface area (Å²) in [6, 6.07) is -0.833. The van der Waals surface area contributed by atoms with Gasteiger partial charge in [0.2, 0.25) is 11.8 Å². The molecule has 10 heteroatoms. The third-order valence-corrected chi connectivity index (χ3v) is 8.35. The number of aromatic amines is 1. The van der Waals surface area contributed by atoms with E-state index in [1.165, 1.54) is 12.8 Å². The zero-order valence-corrected chi connectivity index (χ0v) is 17.5. The summed E-state index contributed by atoms with van der Waals surface area (Å²) < 4.78 is -0.249. The number of fused-ring (bicyclic) bond motifs is 1. The van der Waals surface area contributed by atoms with Gasteiger partial charge in [-0.25, -0.2) is 5.10 Å². The Balaban J connectivity index is 1.43. The van der Waals surface area contributed by atoms with Gasteiger partial charge < -0.3 is 9.80 Å². The van der Waals surface area contributed by atoms with Crippen molar-refractivity contribution in [1.82, 2.24) is 35.7 Å². The molecule has 1 aromatic rings. The maximum Gasteiger partial charge on any atom is 0.250 e. The Kier molecular flexibility index (Phi) is 3.88. The largest absolute Gasteiger partial charge is 0.314 e. The molecule has 4 atom stereocenters. The molecular weight excluding hydrogens is 378 g/mol. The first-order chi connectivity index (χ1) is 13.2. The van der Waals surface area contributed by atoms with Crippen LogP contribution in [0.5, 0.6) is 0 Å². The van der Waals surface area contributed by atoms with Crippen molar-refractivity contribution in [2.24, 2.45) is 5.92 Å². The number of hydrogen-bond donors (Lipinski definition) is 2. The summed E-state index contributed by atoms with van der Waals surface area (Å²) in [6.07, 6.45) is 4.55. The van der Waals surface area contributed by atoms with Crippen LogP contribution in [0.25, 0.3) is 0 Å². The first-order valence-corrected chi connectivity index (χ1v) is 10.9. The predicted octanol–water partition coefficient (Wildman–Crippen LogP) is 1.03. The summed E-state index contributed by atoms with van der Waals surface area (Å²) >= 11 is 1.73. The maximum absolute atomic E-state index is 13.4. The number of carbonyl (C=O) groups is 2. The first kappa shape index (κ1) is 18.4. The van der Waals surface area contributed by atoms with Crippen LogP contribution in [-0.4, -0.2) is 70.1 Å². The van der Waals surface area contributed by atoms with E-state index in [9.17, 15) is 9.59 Å². The van der Waals surface area contributed by atoms with Gasteiger partial charge in [0.1, 0.15) is 17.5 Å². The summed E-state index contributed by atoms with van der Waals surface area (Å²) in [5, 5.41) is 17.7. The van der Waals surface area contributed by atoms with Crippen molar-refractivity contribution < 1.29 is 9.59 Å². The second kappa shape index (κ2) is 5.91. The van der Waals surface area contributed by atoms with Gasteiger partial charge >= 0.3 is 0 Å². The minimum absolute atomic E-state index is 0.0141. The van der Waals surface area contributed by atoms with Crippen LogP contribution in [0.3, 0.4) is 0 Å². The number of H-pyrrole nitrogens is 1. The number of β-lactam (4-membered cyclic amide) rings is 1. The third-order valence-electron chi connectivity index (χ3n) is 6.80. The van der Waals surface area contributed by atoms with Gasteiger partial charge in [0.15, 0.2) is 5.82 Å². The lowest BCUT2D eigenvalue weighted by atomic mass is 9.93. The Bertz CT molecular complexity index is 805. The van der Waals surface area contributed by atoms with Crippen molar-refractivity contribution in [2.45, 2.75) is 87.3 Å². The number of carbonyl (C=O) groups excluding carboxylic acids is 2. The van der Waals surface area contributed by atoms with Crippen LogP contribution < -0.4 is 5.32 Å². The fourth-order valence-electron chi connectivity index (χ4n) is 5.59. The van der Waals surface area contributed by atoms with Gasteiger partial charge in [0, 0.05) is 4.75 Å². The van der Waals surface area contributed by atoms with Gasteiger partial charge in [-0.05, 0) is 56.9 Å². The van der Waals surface area contributed by atoms with E-state index in [1.807, 2.05) is 23.6 Å². The van der Waals surface area contributed by atoms with E-state index in [2.05, 4.69) is 39.8 Å². The highest BCUT2D eigenvalue weighted by molar-refractivity contribution is 8.01. The Morgan fingerprint density at radius 2 is 1.82 bits per heavy atom.